The molecule has 9 heteroatoms. The summed E-state index contributed by atoms with van der Waals surface area (Å²) in [5.41, 5.74) is 2.96. The molecule has 1 unspecified atom stereocenters. The fraction of sp³-hybridized carbons (Fsp3) is 0.200. The van der Waals surface area contributed by atoms with Crippen LogP contribution in [0, 0.1) is 13.8 Å². The number of anilines is 2. The highest BCUT2D eigenvalue weighted by Crippen LogP contribution is 2.38. The van der Waals surface area contributed by atoms with E-state index in [4.69, 9.17) is 4.74 Å². The molecule has 176 valence electrons. The van der Waals surface area contributed by atoms with Crippen molar-refractivity contribution in [2.45, 2.75) is 24.8 Å². The van der Waals surface area contributed by atoms with Crippen molar-refractivity contribution >= 4 is 33.3 Å². The molecule has 0 bridgehead atoms. The Bertz CT molecular complexity index is 1330. The molecular weight excluding hydrogens is 456 g/mol. The highest BCUT2D eigenvalue weighted by molar-refractivity contribution is 7.92. The maximum atomic E-state index is 13.5. The molecule has 0 aromatic heterocycles. The summed E-state index contributed by atoms with van der Waals surface area (Å²) >= 11 is 0. The number of sulfonamides is 1. The minimum atomic E-state index is -3.94. The lowest BCUT2D eigenvalue weighted by atomic mass is 10.1. The van der Waals surface area contributed by atoms with Crippen molar-refractivity contribution in [2.75, 3.05) is 23.3 Å². The number of hydrogen-bond donors (Lipinski definition) is 1. The zero-order chi connectivity index (χ0) is 24.5. The van der Waals surface area contributed by atoms with E-state index in [2.05, 4.69) is 10.1 Å². The molecule has 1 aliphatic rings. The number of carbonyl (C=O) groups is 2. The van der Waals surface area contributed by atoms with Gasteiger partial charge in [0.05, 0.1) is 29.8 Å². The number of esters is 1. The Kier molecular flexibility index (Phi) is 6.30. The summed E-state index contributed by atoms with van der Waals surface area (Å²) in [6.07, 6.45) is -1.09. The predicted molar refractivity (Wildman–Crippen MR) is 128 cm³/mol. The van der Waals surface area contributed by atoms with Crippen LogP contribution in [0.4, 0.5) is 11.4 Å². The molecule has 1 amide bonds. The van der Waals surface area contributed by atoms with Crippen molar-refractivity contribution in [1.29, 1.82) is 0 Å². The number of aryl methyl sites for hydroxylation is 2. The van der Waals surface area contributed by atoms with E-state index >= 15 is 0 Å². The second-order valence-electron chi connectivity index (χ2n) is 7.99. The lowest BCUT2D eigenvalue weighted by Crippen LogP contribution is -2.48. The fourth-order valence-corrected chi connectivity index (χ4v) is 5.06. The molecule has 3 aromatic rings. The number of benzene rings is 3. The minimum Gasteiger partial charge on any atom is -0.476 e. The molecule has 1 atom stereocenters. The first-order chi connectivity index (χ1) is 16.2. The molecule has 34 heavy (non-hydrogen) atoms. The average Bonchev–Trinajstić information content (AvgIpc) is 2.83. The van der Waals surface area contributed by atoms with Gasteiger partial charge in [0, 0.05) is 5.69 Å². The maximum Gasteiger partial charge on any atom is 0.337 e. The van der Waals surface area contributed by atoms with Crippen molar-refractivity contribution in [1.82, 2.24) is 0 Å². The highest BCUT2D eigenvalue weighted by atomic mass is 32.2. The van der Waals surface area contributed by atoms with E-state index < -0.39 is 28.0 Å². The summed E-state index contributed by atoms with van der Waals surface area (Å²) in [7, 11) is -2.66. The van der Waals surface area contributed by atoms with Gasteiger partial charge in [0.2, 0.25) is 0 Å². The van der Waals surface area contributed by atoms with Crippen LogP contribution in [0.25, 0.3) is 0 Å². The number of methoxy groups -OCH3 is 1. The molecule has 0 fully saturated rings. The van der Waals surface area contributed by atoms with E-state index in [0.29, 0.717) is 22.7 Å². The van der Waals surface area contributed by atoms with Gasteiger partial charge in [-0.2, -0.15) is 0 Å². The van der Waals surface area contributed by atoms with Crippen LogP contribution in [0.3, 0.4) is 0 Å². The first-order valence-corrected chi connectivity index (χ1v) is 12.0. The Morgan fingerprint density at radius 2 is 1.62 bits per heavy atom. The molecule has 0 spiro atoms. The first kappa shape index (κ1) is 23.3. The topological polar surface area (TPSA) is 102 Å². The summed E-state index contributed by atoms with van der Waals surface area (Å²) in [5.74, 6) is -0.702. The number of rotatable bonds is 5. The number of ether oxygens (including phenoxy) is 2. The quantitative estimate of drug-likeness (QED) is 0.559. The Balaban J connectivity index is 1.63. The third-order valence-electron chi connectivity index (χ3n) is 5.46. The van der Waals surface area contributed by atoms with Gasteiger partial charge in [-0.25, -0.2) is 13.2 Å². The van der Waals surface area contributed by atoms with Gasteiger partial charge in [0.25, 0.3) is 15.9 Å². The summed E-state index contributed by atoms with van der Waals surface area (Å²) < 4.78 is 38.8. The van der Waals surface area contributed by atoms with Crippen molar-refractivity contribution in [2.24, 2.45) is 0 Å². The molecule has 0 radical (unpaired) electrons. The number of fused-ring (bicyclic) bond motifs is 1. The van der Waals surface area contributed by atoms with Crippen molar-refractivity contribution in [3.05, 3.63) is 83.4 Å². The summed E-state index contributed by atoms with van der Waals surface area (Å²) in [5, 5.41) is 2.72. The monoisotopic (exact) mass is 480 g/mol. The van der Waals surface area contributed by atoms with Gasteiger partial charge >= 0.3 is 5.97 Å². The van der Waals surface area contributed by atoms with Crippen molar-refractivity contribution in [3.8, 4) is 5.75 Å². The third-order valence-corrected chi connectivity index (χ3v) is 7.25. The second kappa shape index (κ2) is 9.18. The SMILES string of the molecule is COC(=O)c1ccc(NC(=O)C2CN(S(=O)(=O)c3ccc(C)cc3)c3cc(C)ccc3O2)cc1. The van der Waals surface area contributed by atoms with Crippen LogP contribution in [-0.2, 0) is 19.6 Å². The molecule has 1 N–H and O–H groups in total. The lowest BCUT2D eigenvalue weighted by Gasteiger charge is -2.35. The van der Waals surface area contributed by atoms with Crippen LogP contribution >= 0.6 is 0 Å². The standard InChI is InChI=1S/C25H24N2O6S/c1-16-4-11-20(12-5-16)34(30,31)27-15-23(33-22-13-6-17(2)14-21(22)27)24(28)26-19-9-7-18(8-10-19)25(29)32-3/h4-14,23H,15H2,1-3H3,(H,26,28). The van der Waals surface area contributed by atoms with E-state index in [1.54, 1.807) is 54.6 Å². The van der Waals surface area contributed by atoms with Gasteiger partial charge in [-0.1, -0.05) is 23.8 Å². The average molecular weight is 481 g/mol. The third kappa shape index (κ3) is 4.60. The Morgan fingerprint density at radius 3 is 2.26 bits per heavy atom. The van der Waals surface area contributed by atoms with Crippen LogP contribution in [0.2, 0.25) is 0 Å². The fourth-order valence-electron chi connectivity index (χ4n) is 3.59. The number of hydrogen-bond acceptors (Lipinski definition) is 6. The van der Waals surface area contributed by atoms with Gasteiger partial charge in [0.1, 0.15) is 5.75 Å². The van der Waals surface area contributed by atoms with Crippen LogP contribution in [-0.4, -0.2) is 40.1 Å². The maximum absolute atomic E-state index is 13.5. The minimum absolute atomic E-state index is 0.130. The lowest BCUT2D eigenvalue weighted by molar-refractivity contribution is -0.122. The molecule has 8 nitrogen and oxygen atoms in total. The normalized spacial score (nSPS) is 15.1. The van der Waals surface area contributed by atoms with Crippen molar-refractivity contribution in [3.63, 3.8) is 0 Å². The van der Waals surface area contributed by atoms with Gasteiger partial charge in [-0.15, -0.1) is 0 Å². The number of nitrogens with zero attached hydrogens (tertiary/aromatic N) is 1. The number of nitrogens with one attached hydrogen (secondary N) is 1. The predicted octanol–water partition coefficient (Wildman–Crippen LogP) is 3.69. The zero-order valence-electron chi connectivity index (χ0n) is 18.9. The molecular formula is C25H24N2O6S. The summed E-state index contributed by atoms with van der Waals surface area (Å²) in [6, 6.07) is 17.9. The van der Waals surface area contributed by atoms with Crippen LogP contribution in [0.15, 0.2) is 71.6 Å². The molecule has 1 aliphatic heterocycles. The van der Waals surface area contributed by atoms with Gasteiger partial charge in [0.15, 0.2) is 6.10 Å². The number of carbonyl (C=O) groups excluding carboxylic acids is 2. The highest BCUT2D eigenvalue weighted by Gasteiger charge is 2.37. The molecule has 0 aliphatic carbocycles. The Hall–Kier alpha value is -3.85. The summed E-state index contributed by atoms with van der Waals surface area (Å²) in [6.45, 7) is 3.54. The molecule has 1 heterocycles. The molecule has 0 saturated heterocycles. The summed E-state index contributed by atoms with van der Waals surface area (Å²) in [4.78, 5) is 24.8. The van der Waals surface area contributed by atoms with E-state index in [1.807, 2.05) is 13.8 Å². The van der Waals surface area contributed by atoms with E-state index in [9.17, 15) is 18.0 Å². The van der Waals surface area contributed by atoms with Crippen molar-refractivity contribution < 1.29 is 27.5 Å². The Morgan fingerprint density at radius 1 is 0.971 bits per heavy atom. The Labute approximate surface area is 198 Å². The van der Waals surface area contributed by atoms with Gasteiger partial charge < -0.3 is 14.8 Å². The van der Waals surface area contributed by atoms with E-state index in [0.717, 1.165) is 11.1 Å². The van der Waals surface area contributed by atoms with Gasteiger partial charge in [-0.05, 0) is 67.9 Å². The largest absolute Gasteiger partial charge is 0.476 e. The molecule has 4 rings (SSSR count). The smallest absolute Gasteiger partial charge is 0.337 e. The first-order valence-electron chi connectivity index (χ1n) is 10.5. The van der Waals surface area contributed by atoms with E-state index in [-0.39, 0.29) is 11.4 Å². The second-order valence-corrected chi connectivity index (χ2v) is 9.85. The van der Waals surface area contributed by atoms with E-state index in [1.165, 1.54) is 23.5 Å². The van der Waals surface area contributed by atoms with Crippen LogP contribution < -0.4 is 14.4 Å². The zero-order valence-corrected chi connectivity index (χ0v) is 19.8. The molecule has 3 aromatic carbocycles. The van der Waals surface area contributed by atoms with Crippen LogP contribution in [0.5, 0.6) is 5.75 Å². The van der Waals surface area contributed by atoms with Crippen LogP contribution in [0.1, 0.15) is 21.5 Å². The molecule has 0 saturated carbocycles. The van der Waals surface area contributed by atoms with Gasteiger partial charge in [-0.3, -0.25) is 9.10 Å². The number of amides is 1.